The molecular formula is C16H26N4O. The van der Waals surface area contributed by atoms with Crippen LogP contribution in [-0.2, 0) is 0 Å². The van der Waals surface area contributed by atoms with Crippen molar-refractivity contribution in [1.29, 1.82) is 0 Å². The highest BCUT2D eigenvalue weighted by molar-refractivity contribution is 5.80. The number of nitrogens with one attached hydrogen (secondary N) is 1. The van der Waals surface area contributed by atoms with Gasteiger partial charge in [-0.25, -0.2) is 10.4 Å². The Hall–Kier alpha value is -1.59. The van der Waals surface area contributed by atoms with Crippen molar-refractivity contribution in [2.75, 3.05) is 0 Å². The van der Waals surface area contributed by atoms with Gasteiger partial charge < -0.3 is 10.9 Å². The maximum absolute atomic E-state index is 8.86. The van der Waals surface area contributed by atoms with Crippen molar-refractivity contribution in [2.24, 2.45) is 10.9 Å². The summed E-state index contributed by atoms with van der Waals surface area (Å²) >= 11 is 0. The molecule has 0 bridgehead atoms. The van der Waals surface area contributed by atoms with Crippen LogP contribution in [0.4, 0.5) is 0 Å². The number of oxime groups is 1. The quantitative estimate of drug-likeness (QED) is 0.337. The standard InChI is InChI=1S/C16H26N4O/c1-12-7-6-8-13(2)20(12)18-15(11-16(17)19-21)14-9-4-3-5-10-14/h3-5,9-10,12-13,15,18,21H,6-8,11H2,1-2H3,(H2,17,19). The molecule has 1 aliphatic rings. The van der Waals surface area contributed by atoms with Crippen LogP contribution in [0.5, 0.6) is 0 Å². The zero-order valence-electron chi connectivity index (χ0n) is 12.9. The third kappa shape index (κ3) is 4.19. The predicted octanol–water partition coefficient (Wildman–Crippen LogP) is 2.63. The van der Waals surface area contributed by atoms with Gasteiger partial charge in [0.2, 0.25) is 0 Å². The number of rotatable bonds is 5. The Bertz CT molecular complexity index is 453. The average Bonchev–Trinajstić information content (AvgIpc) is 2.50. The largest absolute Gasteiger partial charge is 0.409 e. The summed E-state index contributed by atoms with van der Waals surface area (Å²) in [5, 5.41) is 14.3. The molecule has 2 rings (SSSR count). The van der Waals surface area contributed by atoms with Gasteiger partial charge in [-0.15, -0.1) is 0 Å². The number of piperidine rings is 1. The SMILES string of the molecule is CC1CCCC(C)N1NC(C/C(N)=N/O)c1ccccc1. The van der Waals surface area contributed by atoms with Crippen molar-refractivity contribution in [3.8, 4) is 0 Å². The van der Waals surface area contributed by atoms with E-state index >= 15 is 0 Å². The molecule has 0 aliphatic carbocycles. The number of nitrogens with zero attached hydrogens (tertiary/aromatic N) is 2. The van der Waals surface area contributed by atoms with E-state index in [-0.39, 0.29) is 11.9 Å². The van der Waals surface area contributed by atoms with Crippen LogP contribution >= 0.6 is 0 Å². The smallest absolute Gasteiger partial charge is 0.141 e. The molecule has 1 aliphatic heterocycles. The van der Waals surface area contributed by atoms with Crippen LogP contribution in [0.15, 0.2) is 35.5 Å². The third-order valence-electron chi connectivity index (χ3n) is 4.24. The van der Waals surface area contributed by atoms with Crippen LogP contribution in [0.1, 0.15) is 51.1 Å². The molecule has 5 heteroatoms. The highest BCUT2D eigenvalue weighted by Gasteiger charge is 2.27. The van der Waals surface area contributed by atoms with Gasteiger partial charge in [0.1, 0.15) is 5.84 Å². The number of amidine groups is 1. The van der Waals surface area contributed by atoms with Crippen LogP contribution in [-0.4, -0.2) is 28.1 Å². The second-order valence-electron chi connectivity index (χ2n) is 5.92. The molecule has 0 spiro atoms. The molecule has 1 aromatic rings. The fourth-order valence-electron chi connectivity index (χ4n) is 3.03. The lowest BCUT2D eigenvalue weighted by Gasteiger charge is -2.41. The molecule has 21 heavy (non-hydrogen) atoms. The molecule has 1 fully saturated rings. The molecule has 116 valence electrons. The number of hydrazine groups is 1. The van der Waals surface area contributed by atoms with Gasteiger partial charge in [-0.3, -0.25) is 0 Å². The van der Waals surface area contributed by atoms with Gasteiger partial charge in [-0.05, 0) is 32.3 Å². The summed E-state index contributed by atoms with van der Waals surface area (Å²) in [6, 6.07) is 11.2. The molecule has 1 saturated heterocycles. The molecule has 0 aromatic heterocycles. The number of hydrogen-bond acceptors (Lipinski definition) is 4. The van der Waals surface area contributed by atoms with E-state index in [0.29, 0.717) is 18.5 Å². The average molecular weight is 290 g/mol. The molecule has 0 saturated carbocycles. The summed E-state index contributed by atoms with van der Waals surface area (Å²) < 4.78 is 0. The maximum atomic E-state index is 8.86. The van der Waals surface area contributed by atoms with E-state index < -0.39 is 0 Å². The molecular weight excluding hydrogens is 264 g/mol. The summed E-state index contributed by atoms with van der Waals surface area (Å²) in [5.41, 5.74) is 10.5. The topological polar surface area (TPSA) is 73.9 Å². The lowest BCUT2D eigenvalue weighted by molar-refractivity contribution is 0.0300. The van der Waals surface area contributed by atoms with Crippen LogP contribution in [0.2, 0.25) is 0 Å². The van der Waals surface area contributed by atoms with Gasteiger partial charge in [0.05, 0.1) is 6.04 Å². The van der Waals surface area contributed by atoms with Crippen LogP contribution < -0.4 is 11.2 Å². The zero-order valence-corrected chi connectivity index (χ0v) is 12.9. The molecule has 3 unspecified atom stereocenters. The van der Waals surface area contributed by atoms with E-state index in [1.165, 1.54) is 19.3 Å². The molecule has 1 aromatic carbocycles. The predicted molar refractivity (Wildman–Crippen MR) is 85.0 cm³/mol. The van der Waals surface area contributed by atoms with E-state index in [2.05, 4.69) is 41.6 Å². The number of benzene rings is 1. The Kier molecular flexibility index (Phi) is 5.59. The highest BCUT2D eigenvalue weighted by atomic mass is 16.4. The van der Waals surface area contributed by atoms with Crippen LogP contribution in [0.3, 0.4) is 0 Å². The van der Waals surface area contributed by atoms with E-state index in [1.54, 1.807) is 0 Å². The first-order chi connectivity index (χ1) is 10.1. The normalized spacial score (nSPS) is 25.7. The van der Waals surface area contributed by atoms with Gasteiger partial charge in [-0.2, -0.15) is 0 Å². The van der Waals surface area contributed by atoms with Crippen molar-refractivity contribution >= 4 is 5.84 Å². The van der Waals surface area contributed by atoms with Gasteiger partial charge in [0, 0.05) is 18.5 Å². The Labute approximate surface area is 126 Å². The monoisotopic (exact) mass is 290 g/mol. The Morgan fingerprint density at radius 3 is 2.52 bits per heavy atom. The van der Waals surface area contributed by atoms with Crippen LogP contribution in [0.25, 0.3) is 0 Å². The summed E-state index contributed by atoms with van der Waals surface area (Å²) in [6.45, 7) is 4.49. The molecule has 4 N–H and O–H groups in total. The fraction of sp³-hybridized carbons (Fsp3) is 0.562. The molecule has 0 radical (unpaired) electrons. The van der Waals surface area contributed by atoms with Gasteiger partial charge in [0.15, 0.2) is 0 Å². The summed E-state index contributed by atoms with van der Waals surface area (Å²) in [4.78, 5) is 0. The molecule has 5 nitrogen and oxygen atoms in total. The minimum atomic E-state index is 0.0186. The minimum absolute atomic E-state index is 0.0186. The Morgan fingerprint density at radius 2 is 1.95 bits per heavy atom. The fourth-order valence-corrected chi connectivity index (χ4v) is 3.03. The van der Waals surface area contributed by atoms with E-state index in [9.17, 15) is 0 Å². The second kappa shape index (κ2) is 7.43. The first-order valence-electron chi connectivity index (χ1n) is 7.67. The summed E-state index contributed by atoms with van der Waals surface area (Å²) in [6.07, 6.45) is 4.15. The van der Waals surface area contributed by atoms with Crippen molar-refractivity contribution in [3.63, 3.8) is 0 Å². The lowest BCUT2D eigenvalue weighted by Crippen LogP contribution is -2.53. The molecule has 1 heterocycles. The van der Waals surface area contributed by atoms with Crippen LogP contribution in [0, 0.1) is 0 Å². The van der Waals surface area contributed by atoms with E-state index in [4.69, 9.17) is 10.9 Å². The molecule has 0 amide bonds. The Balaban J connectivity index is 2.15. The van der Waals surface area contributed by atoms with Gasteiger partial charge in [0.25, 0.3) is 0 Å². The van der Waals surface area contributed by atoms with Crippen molar-refractivity contribution in [3.05, 3.63) is 35.9 Å². The number of hydrogen-bond donors (Lipinski definition) is 3. The minimum Gasteiger partial charge on any atom is -0.409 e. The van der Waals surface area contributed by atoms with Crippen molar-refractivity contribution < 1.29 is 5.21 Å². The van der Waals surface area contributed by atoms with E-state index in [0.717, 1.165) is 5.56 Å². The first kappa shape index (κ1) is 15.8. The zero-order chi connectivity index (χ0) is 15.2. The molecule has 3 atom stereocenters. The van der Waals surface area contributed by atoms with Crippen molar-refractivity contribution in [1.82, 2.24) is 10.4 Å². The summed E-state index contributed by atoms with van der Waals surface area (Å²) in [7, 11) is 0. The Morgan fingerprint density at radius 1 is 1.33 bits per heavy atom. The highest BCUT2D eigenvalue weighted by Crippen LogP contribution is 2.24. The third-order valence-corrected chi connectivity index (χ3v) is 4.24. The van der Waals surface area contributed by atoms with Gasteiger partial charge in [-0.1, -0.05) is 41.9 Å². The number of nitrogens with two attached hydrogens (primary N) is 1. The van der Waals surface area contributed by atoms with E-state index in [1.807, 2.05) is 18.2 Å². The first-order valence-corrected chi connectivity index (χ1v) is 7.67. The summed E-state index contributed by atoms with van der Waals surface area (Å²) in [5.74, 6) is 0.244. The second-order valence-corrected chi connectivity index (χ2v) is 5.92. The van der Waals surface area contributed by atoms with Crippen molar-refractivity contribution in [2.45, 2.75) is 57.7 Å². The van der Waals surface area contributed by atoms with Gasteiger partial charge >= 0.3 is 0 Å². The lowest BCUT2D eigenvalue weighted by atomic mass is 9.98. The maximum Gasteiger partial charge on any atom is 0.141 e.